The molecule has 0 aromatic heterocycles. The second-order valence-electron chi connectivity index (χ2n) is 5.88. The molecule has 1 fully saturated rings. The molecule has 0 aliphatic carbocycles. The number of hydrogen-bond acceptors (Lipinski definition) is 3. The molecule has 1 aliphatic heterocycles. The van der Waals surface area contributed by atoms with Crippen molar-refractivity contribution in [1.29, 1.82) is 0 Å². The maximum Gasteiger partial charge on any atom is 0.319 e. The smallest absolute Gasteiger partial charge is 0.319 e. The van der Waals surface area contributed by atoms with Gasteiger partial charge in [-0.1, -0.05) is 30.3 Å². The second-order valence-corrected chi connectivity index (χ2v) is 5.88. The minimum Gasteiger partial charge on any atom is -0.378 e. The van der Waals surface area contributed by atoms with Crippen molar-refractivity contribution in [3.05, 3.63) is 60.2 Å². The quantitative estimate of drug-likeness (QED) is 0.906. The summed E-state index contributed by atoms with van der Waals surface area (Å²) in [4.78, 5) is 14.4. The molecular formula is C19H23N3O2. The van der Waals surface area contributed by atoms with Crippen LogP contribution in [0.3, 0.4) is 0 Å². The lowest BCUT2D eigenvalue weighted by molar-refractivity contribution is 0.122. The van der Waals surface area contributed by atoms with Gasteiger partial charge in [0, 0.05) is 24.5 Å². The summed E-state index contributed by atoms with van der Waals surface area (Å²) < 4.78 is 5.38. The van der Waals surface area contributed by atoms with E-state index in [2.05, 4.69) is 39.8 Å². The number of ether oxygens (including phenoxy) is 1. The van der Waals surface area contributed by atoms with Crippen LogP contribution >= 0.6 is 0 Å². The van der Waals surface area contributed by atoms with Crippen LogP contribution in [0.4, 0.5) is 16.2 Å². The Morgan fingerprint density at radius 2 is 1.71 bits per heavy atom. The van der Waals surface area contributed by atoms with Crippen molar-refractivity contribution >= 4 is 17.4 Å². The Balaban J connectivity index is 1.56. The highest BCUT2D eigenvalue weighted by Crippen LogP contribution is 2.20. The number of benzene rings is 2. The van der Waals surface area contributed by atoms with Gasteiger partial charge >= 0.3 is 6.03 Å². The van der Waals surface area contributed by atoms with E-state index in [0.29, 0.717) is 0 Å². The van der Waals surface area contributed by atoms with Crippen LogP contribution in [-0.2, 0) is 4.74 Å². The first kappa shape index (κ1) is 16.3. The fraction of sp³-hybridized carbons (Fsp3) is 0.316. The van der Waals surface area contributed by atoms with E-state index in [1.165, 1.54) is 5.69 Å². The van der Waals surface area contributed by atoms with Crippen molar-refractivity contribution in [3.63, 3.8) is 0 Å². The molecule has 2 amide bonds. The van der Waals surface area contributed by atoms with Gasteiger partial charge in [0.25, 0.3) is 0 Å². The number of nitrogens with zero attached hydrogens (tertiary/aromatic N) is 1. The molecule has 2 aromatic rings. The standard InChI is InChI=1S/C19H23N3O2/c1-15(20-19(23)21-17-5-3-2-4-6-17)16-7-9-18(10-8-16)22-11-13-24-14-12-22/h2-10,15H,11-14H2,1H3,(H2,20,21,23)/t15-/m1/s1. The van der Waals surface area contributed by atoms with E-state index in [1.807, 2.05) is 37.3 Å². The monoisotopic (exact) mass is 325 g/mol. The van der Waals surface area contributed by atoms with E-state index < -0.39 is 0 Å². The summed E-state index contributed by atoms with van der Waals surface area (Å²) in [5.41, 5.74) is 3.06. The number of morpholine rings is 1. The molecule has 1 aliphatic rings. The van der Waals surface area contributed by atoms with Gasteiger partial charge in [0.15, 0.2) is 0 Å². The molecule has 0 saturated carbocycles. The molecule has 0 radical (unpaired) electrons. The summed E-state index contributed by atoms with van der Waals surface area (Å²) in [6.07, 6.45) is 0. The van der Waals surface area contributed by atoms with Gasteiger partial charge in [-0.05, 0) is 36.8 Å². The van der Waals surface area contributed by atoms with E-state index >= 15 is 0 Å². The lowest BCUT2D eigenvalue weighted by Gasteiger charge is -2.29. The highest BCUT2D eigenvalue weighted by Gasteiger charge is 2.13. The fourth-order valence-corrected chi connectivity index (χ4v) is 2.76. The van der Waals surface area contributed by atoms with Crippen LogP contribution in [0, 0.1) is 0 Å². The van der Waals surface area contributed by atoms with E-state index in [4.69, 9.17) is 4.74 Å². The second kappa shape index (κ2) is 7.84. The summed E-state index contributed by atoms with van der Waals surface area (Å²) >= 11 is 0. The van der Waals surface area contributed by atoms with Crippen LogP contribution in [-0.4, -0.2) is 32.3 Å². The normalized spacial score (nSPS) is 15.6. The molecule has 1 atom stereocenters. The molecular weight excluding hydrogens is 302 g/mol. The third kappa shape index (κ3) is 4.26. The minimum atomic E-state index is -0.203. The first-order chi connectivity index (χ1) is 11.7. The summed E-state index contributed by atoms with van der Waals surface area (Å²) in [5, 5.41) is 5.79. The zero-order chi connectivity index (χ0) is 16.8. The third-order valence-corrected chi connectivity index (χ3v) is 4.15. The molecule has 126 valence electrons. The van der Waals surface area contributed by atoms with Crippen molar-refractivity contribution in [1.82, 2.24) is 5.32 Å². The van der Waals surface area contributed by atoms with E-state index in [0.717, 1.165) is 37.6 Å². The SMILES string of the molecule is C[C@@H](NC(=O)Nc1ccccc1)c1ccc(N2CCOCC2)cc1. The molecule has 2 aromatic carbocycles. The van der Waals surface area contributed by atoms with Gasteiger partial charge in [0.05, 0.1) is 19.3 Å². The summed E-state index contributed by atoms with van der Waals surface area (Å²) in [6, 6.07) is 17.5. The molecule has 0 spiro atoms. The Morgan fingerprint density at radius 1 is 1.04 bits per heavy atom. The van der Waals surface area contributed by atoms with Crippen LogP contribution in [0.25, 0.3) is 0 Å². The molecule has 2 N–H and O–H groups in total. The van der Waals surface area contributed by atoms with E-state index in [1.54, 1.807) is 0 Å². The average Bonchev–Trinajstić information content (AvgIpc) is 2.63. The molecule has 0 unspecified atom stereocenters. The molecule has 1 heterocycles. The molecule has 3 rings (SSSR count). The zero-order valence-electron chi connectivity index (χ0n) is 13.9. The summed E-state index contributed by atoms with van der Waals surface area (Å²) in [6.45, 7) is 5.38. The number of carbonyl (C=O) groups is 1. The first-order valence-electron chi connectivity index (χ1n) is 8.27. The number of nitrogens with one attached hydrogen (secondary N) is 2. The van der Waals surface area contributed by atoms with Crippen LogP contribution in [0.15, 0.2) is 54.6 Å². The molecule has 1 saturated heterocycles. The molecule has 5 heteroatoms. The maximum atomic E-state index is 12.1. The number of urea groups is 1. The molecule has 0 bridgehead atoms. The third-order valence-electron chi connectivity index (χ3n) is 4.15. The lowest BCUT2D eigenvalue weighted by atomic mass is 10.1. The van der Waals surface area contributed by atoms with Gasteiger partial charge in [-0.3, -0.25) is 0 Å². The zero-order valence-corrected chi connectivity index (χ0v) is 13.9. The van der Waals surface area contributed by atoms with Crippen LogP contribution in [0.1, 0.15) is 18.5 Å². The van der Waals surface area contributed by atoms with Gasteiger partial charge in [0.1, 0.15) is 0 Å². The summed E-state index contributed by atoms with van der Waals surface area (Å²) in [5.74, 6) is 0. The number of para-hydroxylation sites is 1. The number of rotatable bonds is 4. The van der Waals surface area contributed by atoms with E-state index in [9.17, 15) is 4.79 Å². The van der Waals surface area contributed by atoms with Gasteiger partial charge in [-0.15, -0.1) is 0 Å². The van der Waals surface area contributed by atoms with Crippen molar-refractivity contribution < 1.29 is 9.53 Å². The van der Waals surface area contributed by atoms with E-state index in [-0.39, 0.29) is 12.1 Å². The molecule has 24 heavy (non-hydrogen) atoms. The topological polar surface area (TPSA) is 53.6 Å². The fourth-order valence-electron chi connectivity index (χ4n) is 2.76. The van der Waals surface area contributed by atoms with Crippen LogP contribution < -0.4 is 15.5 Å². The van der Waals surface area contributed by atoms with Crippen LogP contribution in [0.5, 0.6) is 0 Å². The predicted molar refractivity (Wildman–Crippen MR) is 96.5 cm³/mol. The maximum absolute atomic E-state index is 12.1. The van der Waals surface area contributed by atoms with Crippen molar-refractivity contribution in [2.24, 2.45) is 0 Å². The van der Waals surface area contributed by atoms with Gasteiger partial charge in [0.2, 0.25) is 0 Å². The predicted octanol–water partition coefficient (Wildman–Crippen LogP) is 3.41. The number of hydrogen-bond donors (Lipinski definition) is 2. The Kier molecular flexibility index (Phi) is 5.33. The molecule has 5 nitrogen and oxygen atoms in total. The number of carbonyl (C=O) groups excluding carboxylic acids is 1. The van der Waals surface area contributed by atoms with Gasteiger partial charge in [-0.2, -0.15) is 0 Å². The average molecular weight is 325 g/mol. The highest BCUT2D eigenvalue weighted by atomic mass is 16.5. The highest BCUT2D eigenvalue weighted by molar-refractivity contribution is 5.89. The first-order valence-corrected chi connectivity index (χ1v) is 8.27. The Bertz CT molecular complexity index is 652. The van der Waals surface area contributed by atoms with Crippen molar-refractivity contribution in [2.75, 3.05) is 36.5 Å². The van der Waals surface area contributed by atoms with Gasteiger partial charge in [-0.25, -0.2) is 4.79 Å². The number of amides is 2. The van der Waals surface area contributed by atoms with Crippen LogP contribution in [0.2, 0.25) is 0 Å². The van der Waals surface area contributed by atoms with Gasteiger partial charge < -0.3 is 20.3 Å². The lowest BCUT2D eigenvalue weighted by Crippen LogP contribution is -2.36. The van der Waals surface area contributed by atoms with Crippen molar-refractivity contribution in [3.8, 4) is 0 Å². The minimum absolute atomic E-state index is 0.0625. The Hall–Kier alpha value is -2.53. The largest absolute Gasteiger partial charge is 0.378 e. The summed E-state index contributed by atoms with van der Waals surface area (Å²) in [7, 11) is 0. The Morgan fingerprint density at radius 3 is 2.38 bits per heavy atom. The number of anilines is 2. The van der Waals surface area contributed by atoms with Crippen molar-refractivity contribution in [2.45, 2.75) is 13.0 Å². The Labute approximate surface area is 142 Å².